The largest absolute Gasteiger partial charge is 0.413 e. The van der Waals surface area contributed by atoms with Gasteiger partial charge in [0.2, 0.25) is 15.9 Å². The van der Waals surface area contributed by atoms with Gasteiger partial charge >= 0.3 is 6.09 Å². The first-order valence-electron chi connectivity index (χ1n) is 10.7. The van der Waals surface area contributed by atoms with E-state index in [4.69, 9.17) is 21.2 Å². The second kappa shape index (κ2) is 9.50. The maximum atomic E-state index is 13.4. The predicted octanol–water partition coefficient (Wildman–Crippen LogP) is 2.56. The monoisotopic (exact) mass is 488 g/mol. The number of likely N-dealkylation sites (tertiary alicyclic amines) is 1. The van der Waals surface area contributed by atoms with Crippen molar-refractivity contribution in [1.29, 1.82) is 0 Å². The maximum absolute atomic E-state index is 13.4. The van der Waals surface area contributed by atoms with E-state index in [1.165, 1.54) is 23.2 Å². The number of alkyl carbamates (subject to hydrolysis) is 1. The van der Waals surface area contributed by atoms with Crippen molar-refractivity contribution in [3.63, 3.8) is 0 Å². The van der Waals surface area contributed by atoms with Gasteiger partial charge in [-0.05, 0) is 44.1 Å². The van der Waals surface area contributed by atoms with Crippen molar-refractivity contribution in [2.24, 2.45) is 5.16 Å². The molecule has 1 N–H and O–H groups in total. The van der Waals surface area contributed by atoms with Crippen LogP contribution < -0.4 is 5.32 Å². The molecule has 2 saturated heterocycles. The van der Waals surface area contributed by atoms with Crippen LogP contribution in [0.2, 0.25) is 5.02 Å². The van der Waals surface area contributed by atoms with Gasteiger partial charge in [0.1, 0.15) is 11.4 Å². The molecule has 3 aliphatic rings. The standard InChI is InChI=1S/C20H26ClFN4O5S/c21-16-13-15(3-4-17(16)22)32(28,29)26-10-5-20(6-11-26)14-18(24-31-20)30-19(27)23-7-12-25-8-1-2-9-25/h3-4,13H,1-2,5-12,14H2,(H,23,27). The second-order valence-corrected chi connectivity index (χ2v) is 10.6. The molecule has 0 bridgehead atoms. The van der Waals surface area contributed by atoms with Gasteiger partial charge in [-0.15, -0.1) is 0 Å². The predicted molar refractivity (Wildman–Crippen MR) is 115 cm³/mol. The number of carbonyl (C=O) groups excluding carboxylic acids is 1. The molecule has 1 amide bonds. The van der Waals surface area contributed by atoms with Crippen LogP contribution in [0.3, 0.4) is 0 Å². The molecule has 12 heteroatoms. The Morgan fingerprint density at radius 2 is 1.97 bits per heavy atom. The highest BCUT2D eigenvalue weighted by molar-refractivity contribution is 7.89. The molecular formula is C20H26ClFN4O5S. The summed E-state index contributed by atoms with van der Waals surface area (Å²) in [4.78, 5) is 19.8. The Morgan fingerprint density at radius 1 is 1.25 bits per heavy atom. The first-order chi connectivity index (χ1) is 15.3. The molecule has 1 spiro atoms. The molecule has 0 radical (unpaired) electrons. The third kappa shape index (κ3) is 5.16. The van der Waals surface area contributed by atoms with Gasteiger partial charge in [-0.3, -0.25) is 0 Å². The lowest BCUT2D eigenvalue weighted by molar-refractivity contribution is -0.0506. The SMILES string of the molecule is O=C(NCCN1CCCC1)OC1=NOC2(CCN(S(=O)(=O)c3ccc(F)c(Cl)c3)CC2)C1. The Kier molecular flexibility index (Phi) is 6.89. The van der Waals surface area contributed by atoms with Crippen LogP contribution in [0.5, 0.6) is 0 Å². The van der Waals surface area contributed by atoms with Crippen molar-refractivity contribution < 1.29 is 27.2 Å². The molecule has 0 aromatic heterocycles. The highest BCUT2D eigenvalue weighted by atomic mass is 35.5. The van der Waals surface area contributed by atoms with Gasteiger partial charge < -0.3 is 19.8 Å². The number of halogens is 2. The lowest BCUT2D eigenvalue weighted by Gasteiger charge is -2.36. The molecule has 1 aromatic rings. The molecule has 1 aromatic carbocycles. The zero-order valence-electron chi connectivity index (χ0n) is 17.6. The van der Waals surface area contributed by atoms with Gasteiger partial charge in [0.15, 0.2) is 0 Å². The fourth-order valence-corrected chi connectivity index (χ4v) is 5.91. The highest BCUT2D eigenvalue weighted by Crippen LogP contribution is 2.36. The number of piperidine rings is 1. The summed E-state index contributed by atoms with van der Waals surface area (Å²) in [5, 5.41) is 6.38. The van der Waals surface area contributed by atoms with Crippen LogP contribution in [0.25, 0.3) is 0 Å². The molecule has 3 aliphatic heterocycles. The maximum Gasteiger partial charge on any atom is 0.413 e. The number of carbonyl (C=O) groups is 1. The number of oxime groups is 1. The van der Waals surface area contributed by atoms with Crippen molar-refractivity contribution in [2.75, 3.05) is 39.3 Å². The number of sulfonamides is 1. The van der Waals surface area contributed by atoms with Crippen LogP contribution in [-0.2, 0) is 19.6 Å². The number of ether oxygens (including phenoxy) is 1. The summed E-state index contributed by atoms with van der Waals surface area (Å²) in [5.41, 5.74) is -0.697. The smallest absolute Gasteiger partial charge is 0.392 e. The van der Waals surface area contributed by atoms with E-state index in [0.29, 0.717) is 25.8 Å². The van der Waals surface area contributed by atoms with Crippen molar-refractivity contribution in [3.8, 4) is 0 Å². The third-order valence-corrected chi connectivity index (χ3v) is 8.27. The number of hydrogen-bond acceptors (Lipinski definition) is 7. The van der Waals surface area contributed by atoms with Gasteiger partial charge in [-0.1, -0.05) is 16.8 Å². The van der Waals surface area contributed by atoms with E-state index in [1.807, 2.05) is 0 Å². The van der Waals surface area contributed by atoms with E-state index in [-0.39, 0.29) is 28.9 Å². The quantitative estimate of drug-likeness (QED) is 0.683. The van der Waals surface area contributed by atoms with E-state index >= 15 is 0 Å². The molecule has 0 aliphatic carbocycles. The van der Waals surface area contributed by atoms with Crippen LogP contribution >= 0.6 is 11.6 Å². The van der Waals surface area contributed by atoms with Crippen LogP contribution in [0.1, 0.15) is 32.1 Å². The first kappa shape index (κ1) is 23.2. The summed E-state index contributed by atoms with van der Waals surface area (Å²) < 4.78 is 45.7. The molecule has 3 heterocycles. The Hall–Kier alpha value is -1.95. The van der Waals surface area contributed by atoms with Crippen molar-refractivity contribution in [3.05, 3.63) is 29.0 Å². The summed E-state index contributed by atoms with van der Waals surface area (Å²) in [6, 6.07) is 3.35. The topological polar surface area (TPSA) is 101 Å². The average molecular weight is 489 g/mol. The van der Waals surface area contributed by atoms with Crippen LogP contribution in [0, 0.1) is 5.82 Å². The summed E-state index contributed by atoms with van der Waals surface area (Å²) in [6.07, 6.45) is 2.87. The van der Waals surface area contributed by atoms with Crippen molar-refractivity contribution in [2.45, 2.75) is 42.6 Å². The summed E-state index contributed by atoms with van der Waals surface area (Å²) in [5.74, 6) is -0.488. The Balaban J connectivity index is 1.25. The van der Waals surface area contributed by atoms with E-state index < -0.39 is 27.5 Å². The van der Waals surface area contributed by atoms with Crippen LogP contribution in [-0.4, -0.2) is 74.5 Å². The van der Waals surface area contributed by atoms with Gasteiger partial charge in [0, 0.05) is 39.0 Å². The first-order valence-corrected chi connectivity index (χ1v) is 12.5. The Labute approximate surface area is 191 Å². The number of nitrogens with zero attached hydrogens (tertiary/aromatic N) is 3. The summed E-state index contributed by atoms with van der Waals surface area (Å²) >= 11 is 5.74. The van der Waals surface area contributed by atoms with E-state index in [9.17, 15) is 17.6 Å². The van der Waals surface area contributed by atoms with Crippen LogP contribution in [0.15, 0.2) is 28.3 Å². The minimum atomic E-state index is -3.81. The fourth-order valence-electron chi connectivity index (χ4n) is 4.20. The molecule has 32 heavy (non-hydrogen) atoms. The number of hydrogen-bond donors (Lipinski definition) is 1. The number of nitrogens with one attached hydrogen (secondary N) is 1. The molecule has 0 unspecified atom stereocenters. The Morgan fingerprint density at radius 3 is 2.66 bits per heavy atom. The second-order valence-electron chi connectivity index (χ2n) is 8.28. The van der Waals surface area contributed by atoms with E-state index in [2.05, 4.69) is 15.4 Å². The minimum Gasteiger partial charge on any atom is -0.392 e. The number of amides is 1. The lowest BCUT2D eigenvalue weighted by atomic mass is 9.89. The van der Waals surface area contributed by atoms with E-state index in [0.717, 1.165) is 31.8 Å². The highest BCUT2D eigenvalue weighted by Gasteiger charge is 2.45. The molecule has 0 saturated carbocycles. The van der Waals surface area contributed by atoms with Gasteiger partial charge in [0.05, 0.1) is 16.3 Å². The summed E-state index contributed by atoms with van der Waals surface area (Å²) in [7, 11) is -3.81. The molecule has 9 nitrogen and oxygen atoms in total. The minimum absolute atomic E-state index is 0.0573. The van der Waals surface area contributed by atoms with Gasteiger partial charge in [-0.25, -0.2) is 17.6 Å². The zero-order chi connectivity index (χ0) is 22.8. The van der Waals surface area contributed by atoms with Crippen molar-refractivity contribution >= 4 is 33.6 Å². The number of benzene rings is 1. The molecule has 4 rings (SSSR count). The molecule has 176 valence electrons. The molecular weight excluding hydrogens is 463 g/mol. The average Bonchev–Trinajstić information content (AvgIpc) is 3.41. The number of rotatable bonds is 5. The summed E-state index contributed by atoms with van der Waals surface area (Å²) in [6.45, 7) is 3.79. The van der Waals surface area contributed by atoms with Gasteiger partial charge in [-0.2, -0.15) is 4.31 Å². The molecule has 0 atom stereocenters. The third-order valence-electron chi connectivity index (χ3n) is 6.08. The lowest BCUT2D eigenvalue weighted by Crippen LogP contribution is -2.47. The zero-order valence-corrected chi connectivity index (χ0v) is 19.1. The molecule has 2 fully saturated rings. The Bertz CT molecular complexity index is 992. The normalized spacial score (nSPS) is 21.4. The van der Waals surface area contributed by atoms with E-state index in [1.54, 1.807) is 0 Å². The van der Waals surface area contributed by atoms with Crippen LogP contribution in [0.4, 0.5) is 9.18 Å². The van der Waals surface area contributed by atoms with Gasteiger partial charge in [0.25, 0.3) is 0 Å². The fraction of sp³-hybridized carbons (Fsp3) is 0.600. The van der Waals surface area contributed by atoms with Crippen molar-refractivity contribution in [1.82, 2.24) is 14.5 Å².